The molecule has 8 heavy (non-hydrogen) atoms. The predicted octanol–water partition coefficient (Wildman–Crippen LogP) is 0.0798. The summed E-state index contributed by atoms with van der Waals surface area (Å²) in [5.41, 5.74) is 0. The van der Waals surface area contributed by atoms with Crippen LogP contribution in [0.4, 0.5) is 0 Å². The smallest absolute Gasteiger partial charge is 0.151 e. The zero-order valence-corrected chi connectivity index (χ0v) is 4.68. The molecule has 0 spiro atoms. The van der Waals surface area contributed by atoms with Gasteiger partial charge in [0, 0.05) is 12.5 Å². The molecular weight excluding hydrogens is 102 g/mol. The van der Waals surface area contributed by atoms with Gasteiger partial charge in [0.05, 0.1) is 6.04 Å². The fourth-order valence-corrected chi connectivity index (χ4v) is 1.62. The molecule has 2 fully saturated rings. The maximum atomic E-state index is 10.8. The number of carbonyl (C=O) groups is 1. The van der Waals surface area contributed by atoms with Gasteiger partial charge in [0.15, 0.2) is 5.78 Å². The Labute approximate surface area is 48.3 Å². The summed E-state index contributed by atoms with van der Waals surface area (Å²) in [6, 6.07) is 0.799. The van der Waals surface area contributed by atoms with E-state index in [2.05, 4.69) is 5.32 Å². The van der Waals surface area contributed by atoms with Crippen molar-refractivity contribution in [2.45, 2.75) is 31.3 Å². The molecule has 2 heteroatoms. The summed E-state index contributed by atoms with van der Waals surface area (Å²) >= 11 is 0. The molecule has 2 heterocycles. The molecule has 1 N–H and O–H groups in total. The zero-order chi connectivity index (χ0) is 5.56. The molecule has 0 saturated carbocycles. The van der Waals surface area contributed by atoms with Crippen LogP contribution in [0.2, 0.25) is 0 Å². The molecule has 2 rings (SSSR count). The highest BCUT2D eigenvalue weighted by molar-refractivity contribution is 5.87. The minimum Gasteiger partial charge on any atom is -0.304 e. The second-order valence-electron chi connectivity index (χ2n) is 2.66. The number of hydrogen-bond acceptors (Lipinski definition) is 2. The van der Waals surface area contributed by atoms with Gasteiger partial charge in [-0.05, 0) is 12.8 Å². The Morgan fingerprint density at radius 2 is 2.38 bits per heavy atom. The fourth-order valence-electron chi connectivity index (χ4n) is 1.62. The van der Waals surface area contributed by atoms with E-state index < -0.39 is 0 Å². The van der Waals surface area contributed by atoms with Gasteiger partial charge in [0.2, 0.25) is 0 Å². The van der Waals surface area contributed by atoms with Gasteiger partial charge < -0.3 is 5.32 Å². The third-order valence-electron chi connectivity index (χ3n) is 2.08. The van der Waals surface area contributed by atoms with E-state index in [-0.39, 0.29) is 6.04 Å². The van der Waals surface area contributed by atoms with Gasteiger partial charge >= 0.3 is 0 Å². The van der Waals surface area contributed by atoms with E-state index in [9.17, 15) is 4.79 Å². The monoisotopic (exact) mass is 111 g/mol. The predicted molar refractivity (Wildman–Crippen MR) is 29.6 cm³/mol. The Kier molecular flexibility index (Phi) is 0.742. The molecule has 2 aliphatic heterocycles. The molecule has 0 aromatic carbocycles. The maximum Gasteiger partial charge on any atom is 0.151 e. The second-order valence-corrected chi connectivity index (χ2v) is 2.66. The standard InChI is InChI=1S/C6H9NO/c8-6-3-4-1-2-5(6)7-4/h4-5,7H,1-3H2/t4-,5-/m1/s1. The highest BCUT2D eigenvalue weighted by Crippen LogP contribution is 2.24. The van der Waals surface area contributed by atoms with E-state index in [1.807, 2.05) is 0 Å². The first-order valence-electron chi connectivity index (χ1n) is 3.15. The number of hydrogen-bond donors (Lipinski definition) is 1. The Balaban J connectivity index is 2.22. The van der Waals surface area contributed by atoms with Gasteiger partial charge in [-0.15, -0.1) is 0 Å². The highest BCUT2D eigenvalue weighted by Gasteiger charge is 2.37. The average Bonchev–Trinajstić information content (AvgIpc) is 2.23. The van der Waals surface area contributed by atoms with Gasteiger partial charge in [0.25, 0.3) is 0 Å². The van der Waals surface area contributed by atoms with Crippen LogP contribution in [-0.4, -0.2) is 17.9 Å². The Morgan fingerprint density at radius 3 is 2.62 bits per heavy atom. The number of carbonyl (C=O) groups excluding carboxylic acids is 1. The third kappa shape index (κ3) is 0.436. The second kappa shape index (κ2) is 1.32. The van der Waals surface area contributed by atoms with Crippen molar-refractivity contribution >= 4 is 5.78 Å². The first kappa shape index (κ1) is 4.50. The molecule has 2 atom stereocenters. The summed E-state index contributed by atoms with van der Waals surface area (Å²) in [4.78, 5) is 10.8. The highest BCUT2D eigenvalue weighted by atomic mass is 16.1. The van der Waals surface area contributed by atoms with Crippen LogP contribution in [0.5, 0.6) is 0 Å². The summed E-state index contributed by atoms with van der Waals surface area (Å²) in [5.74, 6) is 0.432. The Bertz CT molecular complexity index is 132. The summed E-state index contributed by atoms with van der Waals surface area (Å²) < 4.78 is 0. The lowest BCUT2D eigenvalue weighted by molar-refractivity contribution is -0.119. The molecule has 2 aliphatic rings. The zero-order valence-electron chi connectivity index (χ0n) is 4.68. The van der Waals surface area contributed by atoms with Gasteiger partial charge in [-0.25, -0.2) is 0 Å². The quantitative estimate of drug-likeness (QED) is 0.479. The van der Waals surface area contributed by atoms with Gasteiger partial charge in [0.1, 0.15) is 0 Å². The lowest BCUT2D eigenvalue weighted by atomic mass is 10.00. The van der Waals surface area contributed by atoms with E-state index in [0.717, 1.165) is 12.8 Å². The minimum atomic E-state index is 0.250. The molecule has 0 aromatic rings. The Morgan fingerprint density at radius 1 is 1.50 bits per heavy atom. The number of Topliss-reactive ketones (excluding diaryl/α,β-unsaturated/α-hetero) is 1. The van der Waals surface area contributed by atoms with Crippen LogP contribution in [0.1, 0.15) is 19.3 Å². The van der Waals surface area contributed by atoms with Crippen LogP contribution in [0, 0.1) is 0 Å². The molecule has 0 aromatic heterocycles. The normalized spacial score (nSPS) is 43.8. The van der Waals surface area contributed by atoms with Crippen LogP contribution < -0.4 is 5.32 Å². The van der Waals surface area contributed by atoms with E-state index in [0.29, 0.717) is 11.8 Å². The molecule has 0 unspecified atom stereocenters. The van der Waals surface area contributed by atoms with Crippen LogP contribution in [0.15, 0.2) is 0 Å². The van der Waals surface area contributed by atoms with Crippen molar-refractivity contribution in [2.75, 3.05) is 0 Å². The molecule has 2 saturated heterocycles. The van der Waals surface area contributed by atoms with Crippen molar-refractivity contribution in [3.05, 3.63) is 0 Å². The molecule has 0 aliphatic carbocycles. The van der Waals surface area contributed by atoms with Crippen LogP contribution in [0.25, 0.3) is 0 Å². The number of ketones is 1. The molecule has 2 bridgehead atoms. The average molecular weight is 111 g/mol. The summed E-state index contributed by atoms with van der Waals surface area (Å²) in [7, 11) is 0. The van der Waals surface area contributed by atoms with E-state index >= 15 is 0 Å². The van der Waals surface area contributed by atoms with Crippen LogP contribution >= 0.6 is 0 Å². The largest absolute Gasteiger partial charge is 0.304 e. The van der Waals surface area contributed by atoms with Crippen LogP contribution in [0.3, 0.4) is 0 Å². The van der Waals surface area contributed by atoms with Crippen molar-refractivity contribution < 1.29 is 4.79 Å². The number of fused-ring (bicyclic) bond motifs is 2. The van der Waals surface area contributed by atoms with E-state index in [1.165, 1.54) is 6.42 Å². The minimum absolute atomic E-state index is 0.250. The number of rotatable bonds is 0. The van der Waals surface area contributed by atoms with Gasteiger partial charge in [-0.1, -0.05) is 0 Å². The lowest BCUT2D eigenvalue weighted by Gasteiger charge is -2.02. The van der Waals surface area contributed by atoms with Crippen molar-refractivity contribution in [3.63, 3.8) is 0 Å². The van der Waals surface area contributed by atoms with Gasteiger partial charge in [-0.2, -0.15) is 0 Å². The SMILES string of the molecule is O=C1C[C@H]2CC[C@H]1N2. The molecule has 0 amide bonds. The maximum absolute atomic E-state index is 10.8. The van der Waals surface area contributed by atoms with E-state index in [1.54, 1.807) is 0 Å². The lowest BCUT2D eigenvalue weighted by Crippen LogP contribution is -2.22. The third-order valence-corrected chi connectivity index (χ3v) is 2.08. The van der Waals surface area contributed by atoms with Crippen molar-refractivity contribution in [1.29, 1.82) is 0 Å². The first-order valence-corrected chi connectivity index (χ1v) is 3.15. The fraction of sp³-hybridized carbons (Fsp3) is 0.833. The summed E-state index contributed by atoms with van der Waals surface area (Å²) in [6.07, 6.45) is 3.10. The van der Waals surface area contributed by atoms with Crippen molar-refractivity contribution in [3.8, 4) is 0 Å². The van der Waals surface area contributed by atoms with Crippen molar-refractivity contribution in [1.82, 2.24) is 5.32 Å². The number of nitrogens with one attached hydrogen (secondary N) is 1. The molecule has 2 nitrogen and oxygen atoms in total. The first-order chi connectivity index (χ1) is 3.86. The van der Waals surface area contributed by atoms with Crippen molar-refractivity contribution in [2.24, 2.45) is 0 Å². The van der Waals surface area contributed by atoms with Crippen LogP contribution in [-0.2, 0) is 4.79 Å². The van der Waals surface area contributed by atoms with E-state index in [4.69, 9.17) is 0 Å². The molecule has 0 radical (unpaired) electrons. The Hall–Kier alpha value is -0.370. The van der Waals surface area contributed by atoms with Gasteiger partial charge in [-0.3, -0.25) is 4.79 Å². The topological polar surface area (TPSA) is 29.1 Å². The molecule has 44 valence electrons. The summed E-state index contributed by atoms with van der Waals surface area (Å²) in [5, 5.41) is 3.23. The molecular formula is C6H9NO. The summed E-state index contributed by atoms with van der Waals surface area (Å²) in [6.45, 7) is 0.